The molecule has 0 aromatic heterocycles. The van der Waals surface area contributed by atoms with E-state index in [0.717, 1.165) is 29.2 Å². The van der Waals surface area contributed by atoms with Gasteiger partial charge in [-0.3, -0.25) is 14.5 Å². The van der Waals surface area contributed by atoms with Crippen LogP contribution in [0.15, 0.2) is 48.5 Å². The van der Waals surface area contributed by atoms with Gasteiger partial charge in [-0.2, -0.15) is 0 Å². The highest BCUT2D eigenvalue weighted by Crippen LogP contribution is 2.15. The van der Waals surface area contributed by atoms with E-state index in [4.69, 9.17) is 0 Å². The number of nitrogens with zero attached hydrogens (tertiary/aromatic N) is 1. The number of anilines is 1. The number of urea groups is 1. The standard InChI is InChI=1S/C20H22N4O3/c1-2-21-11-14-5-4-8-17(10-14)23-19(26)16-7-3-6-15(9-16)13-24-18(25)12-22-20(24)27/h3-10,21H,2,11-13H2,1H3,(H,22,27)(H,23,26). The van der Waals surface area contributed by atoms with E-state index in [1.54, 1.807) is 24.3 Å². The Morgan fingerprint density at radius 1 is 1.11 bits per heavy atom. The van der Waals surface area contributed by atoms with Gasteiger partial charge in [-0.15, -0.1) is 0 Å². The maximum absolute atomic E-state index is 12.6. The molecule has 0 unspecified atom stereocenters. The number of hydrogen-bond acceptors (Lipinski definition) is 4. The molecule has 0 spiro atoms. The lowest BCUT2D eigenvalue weighted by molar-refractivity contribution is -0.125. The second-order valence-electron chi connectivity index (χ2n) is 6.27. The van der Waals surface area contributed by atoms with Gasteiger partial charge in [-0.1, -0.05) is 31.2 Å². The molecular weight excluding hydrogens is 344 g/mol. The van der Waals surface area contributed by atoms with Crippen molar-refractivity contribution in [3.8, 4) is 0 Å². The summed E-state index contributed by atoms with van der Waals surface area (Å²) in [6, 6.07) is 14.2. The van der Waals surface area contributed by atoms with Crippen molar-refractivity contribution in [2.45, 2.75) is 20.0 Å². The molecule has 1 aliphatic rings. The number of nitrogens with one attached hydrogen (secondary N) is 3. The lowest BCUT2D eigenvalue weighted by Crippen LogP contribution is -2.30. The maximum atomic E-state index is 12.6. The second kappa shape index (κ2) is 8.46. The number of amides is 4. The van der Waals surface area contributed by atoms with Crippen LogP contribution in [-0.2, 0) is 17.9 Å². The molecule has 1 heterocycles. The Hall–Kier alpha value is -3.19. The number of hydrogen-bond donors (Lipinski definition) is 3. The lowest BCUT2D eigenvalue weighted by Gasteiger charge is -2.13. The summed E-state index contributed by atoms with van der Waals surface area (Å²) in [5.41, 5.74) is 2.99. The molecule has 3 N–H and O–H groups in total. The molecule has 0 radical (unpaired) electrons. The third kappa shape index (κ3) is 4.71. The molecule has 0 bridgehead atoms. The maximum Gasteiger partial charge on any atom is 0.324 e. The fourth-order valence-corrected chi connectivity index (χ4v) is 2.84. The zero-order valence-electron chi connectivity index (χ0n) is 15.1. The SMILES string of the molecule is CCNCc1cccc(NC(=O)c2cccc(CN3C(=O)CNC3=O)c2)c1. The number of imide groups is 1. The minimum Gasteiger partial charge on any atom is -0.329 e. The first-order chi connectivity index (χ1) is 13.1. The molecule has 0 atom stereocenters. The van der Waals surface area contributed by atoms with E-state index in [2.05, 4.69) is 16.0 Å². The molecule has 27 heavy (non-hydrogen) atoms. The summed E-state index contributed by atoms with van der Waals surface area (Å²) in [5.74, 6) is -0.512. The summed E-state index contributed by atoms with van der Waals surface area (Å²) in [7, 11) is 0. The molecule has 2 aromatic rings. The Bertz CT molecular complexity index is 850. The first-order valence-electron chi connectivity index (χ1n) is 8.85. The minimum absolute atomic E-state index is 0.0161. The van der Waals surface area contributed by atoms with Gasteiger partial charge in [0.15, 0.2) is 0 Å². The average molecular weight is 366 g/mol. The van der Waals surface area contributed by atoms with E-state index in [-0.39, 0.29) is 24.9 Å². The number of carbonyl (C=O) groups excluding carboxylic acids is 3. The van der Waals surface area contributed by atoms with Crippen molar-refractivity contribution in [1.29, 1.82) is 0 Å². The quantitative estimate of drug-likeness (QED) is 0.655. The lowest BCUT2D eigenvalue weighted by atomic mass is 10.1. The van der Waals surface area contributed by atoms with Gasteiger partial charge in [0.2, 0.25) is 5.91 Å². The van der Waals surface area contributed by atoms with Crippen LogP contribution in [0.5, 0.6) is 0 Å². The highest BCUT2D eigenvalue weighted by Gasteiger charge is 2.28. The summed E-state index contributed by atoms with van der Waals surface area (Å²) >= 11 is 0. The van der Waals surface area contributed by atoms with E-state index >= 15 is 0 Å². The van der Waals surface area contributed by atoms with Crippen LogP contribution in [0.1, 0.15) is 28.4 Å². The van der Waals surface area contributed by atoms with Crippen LogP contribution < -0.4 is 16.0 Å². The highest BCUT2D eigenvalue weighted by atomic mass is 16.2. The number of carbonyl (C=O) groups is 3. The largest absolute Gasteiger partial charge is 0.329 e. The Labute approximate surface area is 157 Å². The molecule has 4 amide bonds. The Morgan fingerprint density at radius 3 is 2.63 bits per heavy atom. The Morgan fingerprint density at radius 2 is 1.89 bits per heavy atom. The Balaban J connectivity index is 1.68. The zero-order chi connectivity index (χ0) is 19.2. The first-order valence-corrected chi connectivity index (χ1v) is 8.85. The molecular formula is C20H22N4O3. The molecule has 0 saturated carbocycles. The fraction of sp³-hybridized carbons (Fsp3) is 0.250. The summed E-state index contributed by atoms with van der Waals surface area (Å²) in [6.07, 6.45) is 0. The van der Waals surface area contributed by atoms with Crippen molar-refractivity contribution in [2.24, 2.45) is 0 Å². The topological polar surface area (TPSA) is 90.5 Å². The molecule has 1 aliphatic heterocycles. The van der Waals surface area contributed by atoms with Crippen LogP contribution in [0.4, 0.5) is 10.5 Å². The van der Waals surface area contributed by atoms with E-state index in [1.807, 2.05) is 31.2 Å². The van der Waals surface area contributed by atoms with Gasteiger partial charge < -0.3 is 16.0 Å². The molecule has 2 aromatic carbocycles. The van der Waals surface area contributed by atoms with Crippen molar-refractivity contribution >= 4 is 23.5 Å². The summed E-state index contributed by atoms with van der Waals surface area (Å²) in [5, 5.41) is 8.62. The normalized spacial score (nSPS) is 13.6. The average Bonchev–Trinajstić information content (AvgIpc) is 2.99. The van der Waals surface area contributed by atoms with Gasteiger partial charge >= 0.3 is 6.03 Å². The van der Waals surface area contributed by atoms with Crippen molar-refractivity contribution in [3.05, 3.63) is 65.2 Å². The van der Waals surface area contributed by atoms with Crippen molar-refractivity contribution in [1.82, 2.24) is 15.5 Å². The molecule has 0 aliphatic carbocycles. The van der Waals surface area contributed by atoms with Crippen LogP contribution in [0.25, 0.3) is 0 Å². The summed E-state index contributed by atoms with van der Waals surface area (Å²) < 4.78 is 0. The van der Waals surface area contributed by atoms with Crippen LogP contribution >= 0.6 is 0 Å². The first kappa shape index (κ1) is 18.6. The van der Waals surface area contributed by atoms with Gasteiger partial charge in [-0.25, -0.2) is 4.79 Å². The molecule has 1 saturated heterocycles. The third-order valence-electron chi connectivity index (χ3n) is 4.23. The Kier molecular flexibility index (Phi) is 5.83. The van der Waals surface area contributed by atoms with Gasteiger partial charge in [0, 0.05) is 17.8 Å². The van der Waals surface area contributed by atoms with Crippen LogP contribution in [-0.4, -0.2) is 35.8 Å². The van der Waals surface area contributed by atoms with Crippen molar-refractivity contribution < 1.29 is 14.4 Å². The molecule has 1 fully saturated rings. The van der Waals surface area contributed by atoms with Crippen molar-refractivity contribution in [3.63, 3.8) is 0 Å². The van der Waals surface area contributed by atoms with E-state index in [0.29, 0.717) is 11.1 Å². The van der Waals surface area contributed by atoms with E-state index in [1.165, 1.54) is 0 Å². The van der Waals surface area contributed by atoms with Gasteiger partial charge in [-0.05, 0) is 41.9 Å². The monoisotopic (exact) mass is 366 g/mol. The van der Waals surface area contributed by atoms with Gasteiger partial charge in [0.1, 0.15) is 0 Å². The second-order valence-corrected chi connectivity index (χ2v) is 6.27. The molecule has 7 heteroatoms. The van der Waals surface area contributed by atoms with Gasteiger partial charge in [0.05, 0.1) is 13.1 Å². The molecule has 7 nitrogen and oxygen atoms in total. The minimum atomic E-state index is -0.410. The highest BCUT2D eigenvalue weighted by molar-refractivity contribution is 6.04. The number of benzene rings is 2. The molecule has 3 rings (SSSR count). The van der Waals surface area contributed by atoms with Gasteiger partial charge in [0.25, 0.3) is 5.91 Å². The third-order valence-corrected chi connectivity index (χ3v) is 4.23. The number of rotatable bonds is 7. The van der Waals surface area contributed by atoms with E-state index in [9.17, 15) is 14.4 Å². The fourth-order valence-electron chi connectivity index (χ4n) is 2.84. The molecule has 140 valence electrons. The summed E-state index contributed by atoms with van der Waals surface area (Å²) in [4.78, 5) is 37.1. The van der Waals surface area contributed by atoms with Crippen LogP contribution in [0, 0.1) is 0 Å². The van der Waals surface area contributed by atoms with Crippen LogP contribution in [0.2, 0.25) is 0 Å². The van der Waals surface area contributed by atoms with Crippen LogP contribution in [0.3, 0.4) is 0 Å². The summed E-state index contributed by atoms with van der Waals surface area (Å²) in [6.45, 7) is 3.81. The predicted molar refractivity (Wildman–Crippen MR) is 102 cm³/mol. The van der Waals surface area contributed by atoms with Crippen molar-refractivity contribution in [2.75, 3.05) is 18.4 Å². The zero-order valence-corrected chi connectivity index (χ0v) is 15.1. The predicted octanol–water partition coefficient (Wildman–Crippen LogP) is 2.10. The van der Waals surface area contributed by atoms with E-state index < -0.39 is 6.03 Å². The smallest absolute Gasteiger partial charge is 0.324 e.